The molecule has 142 valence electrons. The van der Waals surface area contributed by atoms with Gasteiger partial charge in [0.05, 0.1) is 35.7 Å². The van der Waals surface area contributed by atoms with Crippen molar-refractivity contribution >= 4 is 11.7 Å². The molecule has 1 amide bonds. The van der Waals surface area contributed by atoms with Gasteiger partial charge in [-0.25, -0.2) is 0 Å². The summed E-state index contributed by atoms with van der Waals surface area (Å²) >= 11 is 0. The van der Waals surface area contributed by atoms with Gasteiger partial charge in [0.2, 0.25) is 5.91 Å². The Kier molecular flexibility index (Phi) is 2.41. The van der Waals surface area contributed by atoms with E-state index in [0.29, 0.717) is 32.6 Å². The van der Waals surface area contributed by atoms with Crippen molar-refractivity contribution in [3.63, 3.8) is 0 Å². The summed E-state index contributed by atoms with van der Waals surface area (Å²) in [5, 5.41) is 11.4. The third-order valence-corrected chi connectivity index (χ3v) is 9.75. The Hall–Kier alpha value is -0.980. The first-order valence-corrected chi connectivity index (χ1v) is 10.0. The van der Waals surface area contributed by atoms with E-state index in [0.717, 1.165) is 0 Å². The van der Waals surface area contributed by atoms with Crippen LogP contribution in [0.25, 0.3) is 0 Å². The molecule has 0 aromatic carbocycles. The van der Waals surface area contributed by atoms with Crippen LogP contribution in [0, 0.1) is 28.1 Å². The second-order valence-electron chi connectivity index (χ2n) is 10.0. The molecule has 8 atom stereocenters. The Morgan fingerprint density at radius 1 is 1.31 bits per heavy atom. The van der Waals surface area contributed by atoms with Crippen LogP contribution in [0.5, 0.6) is 0 Å². The highest BCUT2D eigenvalue weighted by atomic mass is 16.6. The van der Waals surface area contributed by atoms with Crippen molar-refractivity contribution in [2.75, 3.05) is 19.8 Å². The molecule has 6 aliphatic rings. The quantitative estimate of drug-likeness (QED) is 0.786. The summed E-state index contributed by atoms with van der Waals surface area (Å²) in [6, 6.07) is 0. The Labute approximate surface area is 153 Å². The van der Waals surface area contributed by atoms with E-state index in [1.165, 1.54) is 0 Å². The van der Waals surface area contributed by atoms with Crippen LogP contribution in [0.1, 0.15) is 40.5 Å². The van der Waals surface area contributed by atoms with Crippen molar-refractivity contribution in [1.29, 1.82) is 0 Å². The summed E-state index contributed by atoms with van der Waals surface area (Å²) < 4.78 is 12.6. The minimum Gasteiger partial charge on any atom is -0.390 e. The van der Waals surface area contributed by atoms with Gasteiger partial charge in [0, 0.05) is 18.4 Å². The number of fused-ring (bicyclic) bond motifs is 1. The first-order valence-electron chi connectivity index (χ1n) is 10.0. The van der Waals surface area contributed by atoms with Gasteiger partial charge in [-0.05, 0) is 25.2 Å². The fraction of sp³-hybridized carbons (Fsp3) is 0.900. The van der Waals surface area contributed by atoms with Crippen molar-refractivity contribution in [2.45, 2.75) is 63.9 Å². The second-order valence-corrected chi connectivity index (χ2v) is 10.0. The monoisotopic (exact) mass is 361 g/mol. The molecule has 0 unspecified atom stereocenters. The zero-order chi connectivity index (χ0) is 18.5. The summed E-state index contributed by atoms with van der Waals surface area (Å²) in [4.78, 5) is 29.8. The van der Waals surface area contributed by atoms with Crippen molar-refractivity contribution in [1.82, 2.24) is 4.90 Å². The van der Waals surface area contributed by atoms with Crippen LogP contribution < -0.4 is 0 Å². The first kappa shape index (κ1) is 16.0. The van der Waals surface area contributed by atoms with Gasteiger partial charge in [-0.1, -0.05) is 20.8 Å². The Morgan fingerprint density at radius 2 is 2.04 bits per heavy atom. The normalized spacial score (nSPS) is 61.3. The average Bonchev–Trinajstić information content (AvgIpc) is 3.20. The lowest BCUT2D eigenvalue weighted by atomic mass is 9.52. The van der Waals surface area contributed by atoms with Gasteiger partial charge in [0.15, 0.2) is 0 Å². The number of aliphatic hydroxyl groups excluding tert-OH is 1. The van der Waals surface area contributed by atoms with Crippen LogP contribution in [-0.4, -0.2) is 64.8 Å². The lowest BCUT2D eigenvalue weighted by Gasteiger charge is -2.54. The number of ketones is 1. The molecule has 0 aromatic heterocycles. The second kappa shape index (κ2) is 3.91. The van der Waals surface area contributed by atoms with Gasteiger partial charge >= 0.3 is 0 Å². The van der Waals surface area contributed by atoms with E-state index in [2.05, 4.69) is 13.8 Å². The first-order chi connectivity index (χ1) is 12.2. The van der Waals surface area contributed by atoms with Gasteiger partial charge in [-0.15, -0.1) is 0 Å². The number of likely N-dealkylation sites (N-methyl/N-ethyl adjacent to an activating group) is 1. The summed E-state index contributed by atoms with van der Waals surface area (Å²) in [7, 11) is 0. The van der Waals surface area contributed by atoms with E-state index in [9.17, 15) is 14.7 Å². The number of amides is 1. The largest absolute Gasteiger partial charge is 0.390 e. The molecule has 3 saturated carbocycles. The molecule has 3 spiro atoms. The number of piperidine rings is 1. The predicted molar refractivity (Wildman–Crippen MR) is 90.1 cm³/mol. The highest BCUT2D eigenvalue weighted by Gasteiger charge is 3.02. The third kappa shape index (κ3) is 0.957. The number of ether oxygens (including phenoxy) is 2. The Morgan fingerprint density at radius 3 is 2.69 bits per heavy atom. The molecule has 6 heteroatoms. The van der Waals surface area contributed by atoms with Crippen LogP contribution >= 0.6 is 0 Å². The molecule has 6 nitrogen and oxygen atoms in total. The number of Topliss-reactive ketones (excluding diaryl/α,β-unsaturated/α-hetero) is 1. The molecule has 1 N–H and O–H groups in total. The molecule has 6 rings (SSSR count). The van der Waals surface area contributed by atoms with Crippen LogP contribution in [0.2, 0.25) is 0 Å². The highest BCUT2D eigenvalue weighted by Crippen LogP contribution is 2.89. The number of rotatable bonds is 2. The summed E-state index contributed by atoms with van der Waals surface area (Å²) in [6.45, 7) is 9.55. The number of carbonyl (C=O) groups excluding carboxylic acids is 2. The molecular formula is C20H27NO5. The lowest BCUT2D eigenvalue weighted by Crippen LogP contribution is -2.68. The third-order valence-electron chi connectivity index (χ3n) is 9.75. The SMILES string of the molecule is CCN1C(=O)[C@@]23[C@@H](C(C)C)CC(=O)[C@@]24C[C@@]12COC[C@@]21O[C@@H]3[C@H](O)[C@]14C. The maximum absolute atomic E-state index is 14.1. The van der Waals surface area contributed by atoms with Gasteiger partial charge in [0.1, 0.15) is 17.5 Å². The van der Waals surface area contributed by atoms with Crippen LogP contribution in [0.15, 0.2) is 0 Å². The predicted octanol–water partition coefficient (Wildman–Crippen LogP) is 0.757. The molecular weight excluding hydrogens is 334 g/mol. The molecule has 6 fully saturated rings. The Balaban J connectivity index is 1.77. The maximum Gasteiger partial charge on any atom is 0.233 e. The minimum absolute atomic E-state index is 0.0356. The smallest absolute Gasteiger partial charge is 0.233 e. The fourth-order valence-electron chi connectivity index (χ4n) is 9.07. The van der Waals surface area contributed by atoms with Crippen molar-refractivity contribution < 1.29 is 24.2 Å². The maximum atomic E-state index is 14.1. The number of hydrogen-bond donors (Lipinski definition) is 1. The summed E-state index contributed by atoms with van der Waals surface area (Å²) in [6.07, 6.45) is -0.375. The summed E-state index contributed by atoms with van der Waals surface area (Å²) in [5.74, 6) is 0.322. The average molecular weight is 361 g/mol. The van der Waals surface area contributed by atoms with Crippen molar-refractivity contribution in [2.24, 2.45) is 28.1 Å². The van der Waals surface area contributed by atoms with Crippen molar-refractivity contribution in [3.8, 4) is 0 Å². The number of nitrogens with zero attached hydrogens (tertiary/aromatic N) is 1. The number of aliphatic hydroxyl groups is 1. The van der Waals surface area contributed by atoms with E-state index in [1.807, 2.05) is 18.7 Å². The fourth-order valence-corrected chi connectivity index (χ4v) is 9.07. The van der Waals surface area contributed by atoms with Gasteiger partial charge in [-0.2, -0.15) is 0 Å². The zero-order valence-electron chi connectivity index (χ0n) is 15.9. The number of hydrogen-bond acceptors (Lipinski definition) is 5. The molecule has 3 saturated heterocycles. The number of carbonyl (C=O) groups is 2. The Bertz CT molecular complexity index is 782. The van der Waals surface area contributed by atoms with E-state index >= 15 is 0 Å². The summed E-state index contributed by atoms with van der Waals surface area (Å²) in [5.41, 5.74) is -3.86. The molecule has 3 aliphatic carbocycles. The minimum atomic E-state index is -0.913. The van der Waals surface area contributed by atoms with Gasteiger partial charge in [-0.3, -0.25) is 9.59 Å². The highest BCUT2D eigenvalue weighted by molar-refractivity contribution is 6.05. The van der Waals surface area contributed by atoms with Crippen LogP contribution in [0.3, 0.4) is 0 Å². The van der Waals surface area contributed by atoms with E-state index in [-0.39, 0.29) is 23.5 Å². The topological polar surface area (TPSA) is 76.1 Å². The molecule has 3 heterocycles. The van der Waals surface area contributed by atoms with Gasteiger partial charge in [0.25, 0.3) is 0 Å². The van der Waals surface area contributed by atoms with Crippen molar-refractivity contribution in [3.05, 3.63) is 0 Å². The van der Waals surface area contributed by atoms with E-state index in [1.54, 1.807) is 0 Å². The van der Waals surface area contributed by atoms with E-state index < -0.39 is 39.6 Å². The molecule has 3 aliphatic heterocycles. The molecule has 26 heavy (non-hydrogen) atoms. The molecule has 0 radical (unpaired) electrons. The molecule has 0 aromatic rings. The zero-order valence-corrected chi connectivity index (χ0v) is 15.9. The standard InChI is InChI=1S/C20H27NO5/c1-5-21-15(24)20-11(10(2)3)6-12(22)18(20)7-17(21)8-25-9-19(17)16(18,4)13(23)14(20)26-19/h10-11,13-14,23H,5-9H2,1-4H3/t11-,13+,14-,16+,17+,18-,19+,20+/m1/s1. The lowest BCUT2D eigenvalue weighted by molar-refractivity contribution is -0.205. The van der Waals surface area contributed by atoms with Crippen LogP contribution in [0.4, 0.5) is 0 Å². The van der Waals surface area contributed by atoms with Gasteiger partial charge < -0.3 is 19.5 Å². The number of likely N-dealkylation sites (tertiary alicyclic amines) is 1. The van der Waals surface area contributed by atoms with E-state index in [4.69, 9.17) is 9.47 Å². The van der Waals surface area contributed by atoms with Crippen LogP contribution in [-0.2, 0) is 19.1 Å². The molecule has 4 bridgehead atoms.